The van der Waals surface area contributed by atoms with Gasteiger partial charge in [0, 0.05) is 50.3 Å². The van der Waals surface area contributed by atoms with Gasteiger partial charge in [-0.05, 0) is 26.3 Å². The summed E-state index contributed by atoms with van der Waals surface area (Å²) in [5.41, 5.74) is 2.89. The first kappa shape index (κ1) is 14.4. The third-order valence-electron chi connectivity index (χ3n) is 5.10. The summed E-state index contributed by atoms with van der Waals surface area (Å²) in [7, 11) is 4.09. The van der Waals surface area contributed by atoms with Crippen LogP contribution in [-0.2, 0) is 19.9 Å². The van der Waals surface area contributed by atoms with E-state index in [1.165, 1.54) is 0 Å². The van der Waals surface area contributed by atoms with Crippen molar-refractivity contribution in [2.24, 2.45) is 7.05 Å². The molecule has 1 aliphatic heterocycles. The molecule has 4 rings (SSSR count). The molecule has 1 amide bonds. The van der Waals surface area contributed by atoms with Gasteiger partial charge in [0.1, 0.15) is 5.82 Å². The van der Waals surface area contributed by atoms with Crippen LogP contribution in [0.25, 0.3) is 0 Å². The second-order valence-electron chi connectivity index (χ2n) is 6.53. The number of hydrogen-bond donors (Lipinski definition) is 1. The van der Waals surface area contributed by atoms with Gasteiger partial charge in [0.05, 0.1) is 6.04 Å². The van der Waals surface area contributed by atoms with Crippen molar-refractivity contribution in [3.8, 4) is 0 Å². The fourth-order valence-corrected chi connectivity index (χ4v) is 3.68. The Morgan fingerprint density at radius 3 is 2.96 bits per heavy atom. The average molecular weight is 314 g/mol. The number of nitrogens with one attached hydrogen (secondary N) is 1. The average Bonchev–Trinajstić information content (AvgIpc) is 3.23. The zero-order valence-electron chi connectivity index (χ0n) is 13.6. The number of aromatic amines is 1. The highest BCUT2D eigenvalue weighted by Gasteiger charge is 2.33. The molecule has 0 radical (unpaired) electrons. The normalized spacial score (nSPS) is 21.7. The molecular formula is C16H22N6O. The Morgan fingerprint density at radius 2 is 2.17 bits per heavy atom. The van der Waals surface area contributed by atoms with Crippen molar-refractivity contribution in [1.29, 1.82) is 0 Å². The summed E-state index contributed by atoms with van der Waals surface area (Å²) >= 11 is 0. The zero-order valence-corrected chi connectivity index (χ0v) is 13.6. The van der Waals surface area contributed by atoms with Crippen LogP contribution in [0.5, 0.6) is 0 Å². The Kier molecular flexibility index (Phi) is 3.45. The maximum Gasteiger partial charge on any atom is 0.274 e. The highest BCUT2D eigenvalue weighted by atomic mass is 16.2. The number of aryl methyl sites for hydroxylation is 2. The van der Waals surface area contributed by atoms with Crippen molar-refractivity contribution in [3.05, 3.63) is 35.2 Å². The molecule has 2 aliphatic rings. The first-order chi connectivity index (χ1) is 11.1. The third kappa shape index (κ3) is 2.35. The summed E-state index contributed by atoms with van der Waals surface area (Å²) in [6.45, 7) is 2.23. The maximum absolute atomic E-state index is 12.9. The molecule has 0 spiro atoms. The predicted molar refractivity (Wildman–Crippen MR) is 85.1 cm³/mol. The summed E-state index contributed by atoms with van der Waals surface area (Å²) in [5, 5.41) is 7.33. The minimum atomic E-state index is 0.0525. The van der Waals surface area contributed by atoms with E-state index in [0.717, 1.165) is 49.4 Å². The Hall–Kier alpha value is -2.15. The Labute approximate surface area is 135 Å². The number of rotatable bonds is 2. The van der Waals surface area contributed by atoms with Crippen molar-refractivity contribution < 1.29 is 4.79 Å². The van der Waals surface area contributed by atoms with E-state index in [0.29, 0.717) is 12.2 Å². The van der Waals surface area contributed by atoms with Crippen molar-refractivity contribution in [2.45, 2.75) is 25.3 Å². The Morgan fingerprint density at radius 1 is 1.30 bits per heavy atom. The lowest BCUT2D eigenvalue weighted by molar-refractivity contribution is 0.0522. The second kappa shape index (κ2) is 5.49. The molecule has 1 atom stereocenters. The lowest BCUT2D eigenvalue weighted by atomic mass is 10.1. The second-order valence-corrected chi connectivity index (χ2v) is 6.53. The fraction of sp³-hybridized carbons (Fsp3) is 0.562. The number of imidazole rings is 1. The van der Waals surface area contributed by atoms with E-state index >= 15 is 0 Å². The SMILES string of the molecule is CN1CCN(C(=O)c2n[nH]c3c2CCC3)C[C@H]1c1nccn1C. The third-order valence-corrected chi connectivity index (χ3v) is 5.10. The van der Waals surface area contributed by atoms with Gasteiger partial charge in [0.25, 0.3) is 5.91 Å². The number of amides is 1. The standard InChI is InChI=1S/C16H22N6O/c1-20-8-9-22(10-13(20)15-17-6-7-21(15)2)16(23)14-11-4-3-5-12(11)18-19-14/h6-7,13H,3-5,8-10H2,1-2H3,(H,18,19)/t13-/m0/s1. The van der Waals surface area contributed by atoms with Crippen LogP contribution in [0.2, 0.25) is 0 Å². The summed E-state index contributed by atoms with van der Waals surface area (Å²) in [6.07, 6.45) is 6.84. The van der Waals surface area contributed by atoms with Gasteiger partial charge in [-0.3, -0.25) is 14.8 Å². The topological polar surface area (TPSA) is 70.1 Å². The molecule has 3 heterocycles. The molecular weight excluding hydrogens is 292 g/mol. The highest BCUT2D eigenvalue weighted by molar-refractivity contribution is 5.94. The summed E-state index contributed by atoms with van der Waals surface area (Å²) < 4.78 is 2.03. The van der Waals surface area contributed by atoms with Crippen LogP contribution in [-0.4, -0.2) is 62.1 Å². The van der Waals surface area contributed by atoms with E-state index in [4.69, 9.17) is 0 Å². The van der Waals surface area contributed by atoms with Crippen LogP contribution in [0, 0.1) is 0 Å². The number of hydrogen-bond acceptors (Lipinski definition) is 4. The van der Waals surface area contributed by atoms with Gasteiger partial charge in [-0.1, -0.05) is 0 Å². The maximum atomic E-state index is 12.9. The van der Waals surface area contributed by atoms with Crippen LogP contribution in [0.15, 0.2) is 12.4 Å². The van der Waals surface area contributed by atoms with E-state index < -0.39 is 0 Å². The summed E-state index contributed by atoms with van der Waals surface area (Å²) in [5.74, 6) is 1.05. The minimum Gasteiger partial charge on any atom is -0.337 e. The molecule has 0 aromatic carbocycles. The first-order valence-electron chi connectivity index (χ1n) is 8.18. The summed E-state index contributed by atoms with van der Waals surface area (Å²) in [6, 6.07) is 0.125. The predicted octanol–water partition coefficient (Wildman–Crippen LogP) is 0.761. The van der Waals surface area contributed by atoms with Crippen molar-refractivity contribution in [3.63, 3.8) is 0 Å². The fourth-order valence-electron chi connectivity index (χ4n) is 3.68. The molecule has 1 N–H and O–H groups in total. The van der Waals surface area contributed by atoms with E-state index in [2.05, 4.69) is 27.1 Å². The Bertz CT molecular complexity index is 733. The number of fused-ring (bicyclic) bond motifs is 1. The van der Waals surface area contributed by atoms with Crippen LogP contribution in [0.3, 0.4) is 0 Å². The van der Waals surface area contributed by atoms with Gasteiger partial charge >= 0.3 is 0 Å². The van der Waals surface area contributed by atoms with E-state index in [9.17, 15) is 4.79 Å². The number of piperazine rings is 1. The monoisotopic (exact) mass is 314 g/mol. The van der Waals surface area contributed by atoms with Gasteiger partial charge in [-0.15, -0.1) is 0 Å². The quantitative estimate of drug-likeness (QED) is 0.888. The van der Waals surface area contributed by atoms with Crippen molar-refractivity contribution >= 4 is 5.91 Å². The summed E-state index contributed by atoms with van der Waals surface area (Å²) in [4.78, 5) is 21.6. The van der Waals surface area contributed by atoms with E-state index in [-0.39, 0.29) is 11.9 Å². The van der Waals surface area contributed by atoms with Crippen LogP contribution >= 0.6 is 0 Å². The van der Waals surface area contributed by atoms with E-state index in [1.54, 1.807) is 0 Å². The molecule has 0 bridgehead atoms. The number of H-pyrrole nitrogens is 1. The van der Waals surface area contributed by atoms with Crippen LogP contribution in [0.4, 0.5) is 0 Å². The van der Waals surface area contributed by atoms with Gasteiger partial charge in [-0.25, -0.2) is 4.98 Å². The van der Waals surface area contributed by atoms with Gasteiger partial charge < -0.3 is 9.47 Å². The smallest absolute Gasteiger partial charge is 0.274 e. The first-order valence-corrected chi connectivity index (χ1v) is 8.18. The molecule has 1 saturated heterocycles. The number of aromatic nitrogens is 4. The largest absolute Gasteiger partial charge is 0.337 e. The molecule has 7 nitrogen and oxygen atoms in total. The van der Waals surface area contributed by atoms with Crippen molar-refractivity contribution in [2.75, 3.05) is 26.7 Å². The molecule has 0 saturated carbocycles. The lowest BCUT2D eigenvalue weighted by Crippen LogP contribution is -2.49. The van der Waals surface area contributed by atoms with Gasteiger partial charge in [-0.2, -0.15) is 5.10 Å². The molecule has 0 unspecified atom stereocenters. The highest BCUT2D eigenvalue weighted by Crippen LogP contribution is 2.27. The number of carbonyl (C=O) groups is 1. The number of likely N-dealkylation sites (N-methyl/N-ethyl adjacent to an activating group) is 1. The lowest BCUT2D eigenvalue weighted by Gasteiger charge is -2.38. The molecule has 122 valence electrons. The van der Waals surface area contributed by atoms with Crippen LogP contribution in [0.1, 0.15) is 40.0 Å². The Balaban J connectivity index is 1.57. The molecule has 1 aliphatic carbocycles. The zero-order chi connectivity index (χ0) is 16.0. The molecule has 1 fully saturated rings. The molecule has 23 heavy (non-hydrogen) atoms. The number of nitrogens with zero attached hydrogens (tertiary/aromatic N) is 5. The molecule has 2 aromatic rings. The van der Waals surface area contributed by atoms with Gasteiger partial charge in [0.15, 0.2) is 5.69 Å². The van der Waals surface area contributed by atoms with Crippen molar-refractivity contribution in [1.82, 2.24) is 29.5 Å². The van der Waals surface area contributed by atoms with Crippen LogP contribution < -0.4 is 0 Å². The van der Waals surface area contributed by atoms with Gasteiger partial charge in [0.2, 0.25) is 0 Å². The molecule has 7 heteroatoms. The molecule has 2 aromatic heterocycles. The van der Waals surface area contributed by atoms with E-state index in [1.807, 2.05) is 28.9 Å². The minimum absolute atomic E-state index is 0.0525. The number of carbonyl (C=O) groups excluding carboxylic acids is 1.